The molecular weight excluding hydrogens is 466 g/mol. The summed E-state index contributed by atoms with van der Waals surface area (Å²) in [5.74, 6) is 2.18. The lowest BCUT2D eigenvalue weighted by atomic mass is 9.86. The number of hydrogen-bond acceptors (Lipinski definition) is 8. The van der Waals surface area contributed by atoms with Gasteiger partial charge in [0.25, 0.3) is 0 Å². The van der Waals surface area contributed by atoms with Crippen molar-refractivity contribution in [3.63, 3.8) is 0 Å². The van der Waals surface area contributed by atoms with Crippen molar-refractivity contribution in [1.82, 2.24) is 19.9 Å². The van der Waals surface area contributed by atoms with Crippen LogP contribution in [0.25, 0.3) is 0 Å². The molecule has 2 aliphatic heterocycles. The van der Waals surface area contributed by atoms with E-state index in [1.165, 1.54) is 24.8 Å². The Morgan fingerprint density at radius 2 is 1.41 bits per heavy atom. The topological polar surface area (TPSA) is 61.3 Å². The molecule has 4 heterocycles. The Bertz CT molecular complexity index is 1210. The summed E-state index contributed by atoms with van der Waals surface area (Å²) >= 11 is 8.47. The molecule has 0 saturated carbocycles. The molecule has 2 aliphatic rings. The highest BCUT2D eigenvalue weighted by atomic mass is 35.5. The fourth-order valence-electron chi connectivity index (χ4n) is 4.56. The van der Waals surface area contributed by atoms with E-state index in [-0.39, 0.29) is 5.92 Å². The van der Waals surface area contributed by atoms with Crippen molar-refractivity contribution in [3.8, 4) is 0 Å². The second-order valence-electron chi connectivity index (χ2n) is 9.38. The molecule has 34 heavy (non-hydrogen) atoms. The van der Waals surface area contributed by atoms with Crippen molar-refractivity contribution < 1.29 is 0 Å². The number of rotatable bonds is 4. The van der Waals surface area contributed by atoms with Crippen molar-refractivity contribution in [1.29, 1.82) is 0 Å². The predicted molar refractivity (Wildman–Crippen MR) is 140 cm³/mol. The number of halogens is 1. The molecule has 0 spiro atoms. The van der Waals surface area contributed by atoms with Crippen molar-refractivity contribution in [2.45, 2.75) is 42.2 Å². The third-order valence-electron chi connectivity index (χ3n) is 6.37. The monoisotopic (exact) mass is 495 g/mol. The van der Waals surface area contributed by atoms with Crippen molar-refractivity contribution in [3.05, 3.63) is 51.7 Å². The molecular formula is C25H30ClN7S. The average molecular weight is 496 g/mol. The normalized spacial score (nSPS) is 17.2. The SMILES string of the molecule is Cc1ccc(C2c3c(Cl)nc(N(C)C)nc3Sc3nc(N(C)C)nc(N4CCCCC4)c32)cc1. The zero-order chi connectivity index (χ0) is 24.0. The van der Waals surface area contributed by atoms with E-state index < -0.39 is 0 Å². The fraction of sp³-hybridized carbons (Fsp3) is 0.440. The van der Waals surface area contributed by atoms with Gasteiger partial charge in [-0.3, -0.25) is 0 Å². The maximum atomic E-state index is 6.90. The van der Waals surface area contributed by atoms with Gasteiger partial charge in [0.05, 0.1) is 0 Å². The maximum Gasteiger partial charge on any atom is 0.227 e. The van der Waals surface area contributed by atoms with E-state index in [0.29, 0.717) is 17.0 Å². The smallest absolute Gasteiger partial charge is 0.227 e. The minimum atomic E-state index is -0.135. The number of anilines is 3. The Balaban J connectivity index is 1.79. The van der Waals surface area contributed by atoms with Crippen LogP contribution >= 0.6 is 23.4 Å². The van der Waals surface area contributed by atoms with Gasteiger partial charge >= 0.3 is 0 Å². The third kappa shape index (κ3) is 4.18. The van der Waals surface area contributed by atoms with Crippen LogP contribution in [0.15, 0.2) is 34.3 Å². The van der Waals surface area contributed by atoms with Gasteiger partial charge in [0.1, 0.15) is 21.0 Å². The Hall–Kier alpha value is -2.58. The summed E-state index contributed by atoms with van der Waals surface area (Å²) < 4.78 is 0. The molecule has 1 unspecified atom stereocenters. The van der Waals surface area contributed by atoms with Gasteiger partial charge in [0.15, 0.2) is 0 Å². The lowest BCUT2D eigenvalue weighted by Crippen LogP contribution is -2.33. The minimum Gasteiger partial charge on any atom is -0.356 e. The molecule has 1 atom stereocenters. The predicted octanol–water partition coefficient (Wildman–Crippen LogP) is 5.00. The summed E-state index contributed by atoms with van der Waals surface area (Å²) in [6.45, 7) is 4.10. The molecule has 2 aromatic heterocycles. The van der Waals surface area contributed by atoms with E-state index in [2.05, 4.69) is 41.1 Å². The number of nitrogens with zero attached hydrogens (tertiary/aromatic N) is 7. The molecule has 0 radical (unpaired) electrons. The van der Waals surface area contributed by atoms with Crippen LogP contribution in [-0.2, 0) is 0 Å². The van der Waals surface area contributed by atoms with Gasteiger partial charge in [-0.2, -0.15) is 4.98 Å². The lowest BCUT2D eigenvalue weighted by molar-refractivity contribution is 0.568. The summed E-state index contributed by atoms with van der Waals surface area (Å²) in [4.78, 5) is 25.9. The second kappa shape index (κ2) is 9.23. The van der Waals surface area contributed by atoms with Gasteiger partial charge in [0, 0.05) is 58.3 Å². The van der Waals surface area contributed by atoms with Crippen LogP contribution in [0.2, 0.25) is 5.15 Å². The summed E-state index contributed by atoms with van der Waals surface area (Å²) in [6.07, 6.45) is 3.60. The van der Waals surface area contributed by atoms with Crippen LogP contribution in [0, 0.1) is 6.92 Å². The molecule has 0 bridgehead atoms. The van der Waals surface area contributed by atoms with Gasteiger partial charge < -0.3 is 14.7 Å². The molecule has 7 nitrogen and oxygen atoms in total. The van der Waals surface area contributed by atoms with Crippen molar-refractivity contribution in [2.24, 2.45) is 0 Å². The van der Waals surface area contributed by atoms with Crippen LogP contribution < -0.4 is 14.7 Å². The molecule has 1 fully saturated rings. The Morgan fingerprint density at radius 3 is 2.03 bits per heavy atom. The number of piperidine rings is 1. The maximum absolute atomic E-state index is 6.90. The first-order valence-electron chi connectivity index (χ1n) is 11.7. The standard InChI is InChI=1S/C25H30ClN7S/c1-15-9-11-16(12-10-15)17-18-20(26)27-24(31(2)3)29-22(18)34-23-19(17)21(28-25(30-23)32(4)5)33-13-7-6-8-14-33/h9-12,17H,6-8,13-14H2,1-5H3. The molecule has 1 saturated heterocycles. The van der Waals surface area contributed by atoms with Gasteiger partial charge in [-0.15, -0.1) is 0 Å². The summed E-state index contributed by atoms with van der Waals surface area (Å²) in [5.41, 5.74) is 4.41. The van der Waals surface area contributed by atoms with Crippen LogP contribution in [0.4, 0.5) is 17.7 Å². The van der Waals surface area contributed by atoms with E-state index >= 15 is 0 Å². The molecule has 9 heteroatoms. The summed E-state index contributed by atoms with van der Waals surface area (Å²) in [6, 6.07) is 8.66. The molecule has 0 N–H and O–H groups in total. The van der Waals surface area contributed by atoms with Crippen LogP contribution in [-0.4, -0.2) is 61.2 Å². The Morgan fingerprint density at radius 1 is 0.824 bits per heavy atom. The summed E-state index contributed by atoms with van der Waals surface area (Å²) in [5, 5.41) is 2.28. The fourth-order valence-corrected chi connectivity index (χ4v) is 5.98. The quantitative estimate of drug-likeness (QED) is 0.367. The van der Waals surface area contributed by atoms with Crippen LogP contribution in [0.5, 0.6) is 0 Å². The van der Waals surface area contributed by atoms with Gasteiger partial charge in [-0.25, -0.2) is 15.0 Å². The molecule has 0 amide bonds. The largest absolute Gasteiger partial charge is 0.356 e. The highest BCUT2D eigenvalue weighted by molar-refractivity contribution is 7.99. The molecule has 3 aromatic rings. The zero-order valence-corrected chi connectivity index (χ0v) is 21.9. The molecule has 0 aliphatic carbocycles. The first-order chi connectivity index (χ1) is 16.3. The van der Waals surface area contributed by atoms with Gasteiger partial charge in [0.2, 0.25) is 11.9 Å². The molecule has 178 valence electrons. The first kappa shape index (κ1) is 23.2. The Labute approximate surface area is 210 Å². The summed E-state index contributed by atoms with van der Waals surface area (Å²) in [7, 11) is 7.84. The van der Waals surface area contributed by atoms with Crippen molar-refractivity contribution in [2.75, 3.05) is 56.0 Å². The highest BCUT2D eigenvalue weighted by Gasteiger charge is 2.38. The van der Waals surface area contributed by atoms with E-state index in [9.17, 15) is 0 Å². The number of aryl methyl sites for hydroxylation is 1. The number of benzene rings is 1. The van der Waals surface area contributed by atoms with E-state index in [0.717, 1.165) is 45.6 Å². The first-order valence-corrected chi connectivity index (χ1v) is 12.9. The highest BCUT2D eigenvalue weighted by Crippen LogP contribution is 2.52. The number of fused-ring (bicyclic) bond motifs is 2. The average Bonchev–Trinajstić information content (AvgIpc) is 2.83. The van der Waals surface area contributed by atoms with Gasteiger partial charge in [-0.05, 0) is 43.5 Å². The van der Waals surface area contributed by atoms with Crippen LogP contribution in [0.1, 0.15) is 47.4 Å². The third-order valence-corrected chi connectivity index (χ3v) is 7.67. The molecule has 5 rings (SSSR count). The van der Waals surface area contributed by atoms with Crippen molar-refractivity contribution >= 4 is 41.1 Å². The minimum absolute atomic E-state index is 0.135. The number of hydrogen-bond donors (Lipinski definition) is 0. The van der Waals surface area contributed by atoms with E-state index in [1.54, 1.807) is 11.8 Å². The van der Waals surface area contributed by atoms with E-state index in [4.69, 9.17) is 26.6 Å². The second-order valence-corrected chi connectivity index (χ2v) is 10.7. The van der Waals surface area contributed by atoms with Gasteiger partial charge in [-0.1, -0.05) is 41.4 Å². The zero-order valence-electron chi connectivity index (χ0n) is 20.3. The van der Waals surface area contributed by atoms with Crippen LogP contribution in [0.3, 0.4) is 0 Å². The Kier molecular flexibility index (Phi) is 6.29. The van der Waals surface area contributed by atoms with E-state index in [1.807, 2.05) is 38.0 Å². The molecule has 1 aromatic carbocycles. The number of aromatic nitrogens is 4. The lowest BCUT2D eigenvalue weighted by Gasteiger charge is -2.35.